The molecule has 3 heteroatoms. The molecule has 2 aromatic rings. The van der Waals surface area contributed by atoms with Crippen LogP contribution in [0.1, 0.15) is 17.0 Å². The highest BCUT2D eigenvalue weighted by Crippen LogP contribution is 2.34. The Balaban J connectivity index is 1.89. The van der Waals surface area contributed by atoms with Gasteiger partial charge in [0.05, 0.1) is 5.92 Å². The SMILES string of the molecule is O=C1Nc2ccccc2C1Cc1ccc(Br)cc1. The number of halogens is 1. The molecule has 0 saturated heterocycles. The van der Waals surface area contributed by atoms with E-state index in [2.05, 4.69) is 33.4 Å². The maximum absolute atomic E-state index is 12.0. The molecule has 1 aliphatic rings. The van der Waals surface area contributed by atoms with Gasteiger partial charge in [-0.3, -0.25) is 4.79 Å². The minimum atomic E-state index is -0.0672. The van der Waals surface area contributed by atoms with Gasteiger partial charge < -0.3 is 5.32 Å². The highest BCUT2D eigenvalue weighted by atomic mass is 79.9. The Hall–Kier alpha value is -1.61. The molecule has 0 saturated carbocycles. The van der Waals surface area contributed by atoms with E-state index >= 15 is 0 Å². The summed E-state index contributed by atoms with van der Waals surface area (Å²) in [4.78, 5) is 12.0. The van der Waals surface area contributed by atoms with Crippen molar-refractivity contribution in [2.45, 2.75) is 12.3 Å². The van der Waals surface area contributed by atoms with Gasteiger partial charge in [-0.1, -0.05) is 46.3 Å². The lowest BCUT2D eigenvalue weighted by atomic mass is 9.93. The van der Waals surface area contributed by atoms with Crippen LogP contribution >= 0.6 is 15.9 Å². The summed E-state index contributed by atoms with van der Waals surface area (Å²) in [7, 11) is 0. The molecule has 0 aromatic heterocycles. The number of nitrogens with one attached hydrogen (secondary N) is 1. The van der Waals surface area contributed by atoms with Crippen molar-refractivity contribution in [1.29, 1.82) is 0 Å². The van der Waals surface area contributed by atoms with Crippen LogP contribution in [0.25, 0.3) is 0 Å². The van der Waals surface area contributed by atoms with E-state index in [1.807, 2.05) is 36.4 Å². The van der Waals surface area contributed by atoms with Crippen LogP contribution in [0.3, 0.4) is 0 Å². The van der Waals surface area contributed by atoms with Crippen molar-refractivity contribution in [3.05, 3.63) is 64.1 Å². The van der Waals surface area contributed by atoms with Crippen LogP contribution in [0.4, 0.5) is 5.69 Å². The number of para-hydroxylation sites is 1. The summed E-state index contributed by atoms with van der Waals surface area (Å²) in [6, 6.07) is 16.0. The summed E-state index contributed by atoms with van der Waals surface area (Å²) in [6.45, 7) is 0. The number of fused-ring (bicyclic) bond motifs is 1. The van der Waals surface area contributed by atoms with Crippen LogP contribution < -0.4 is 5.32 Å². The predicted molar refractivity (Wildman–Crippen MR) is 75.7 cm³/mol. The molecule has 2 aromatic carbocycles. The average molecular weight is 302 g/mol. The number of amides is 1. The Morgan fingerprint density at radius 3 is 2.56 bits per heavy atom. The Morgan fingerprint density at radius 2 is 1.78 bits per heavy atom. The summed E-state index contributed by atoms with van der Waals surface area (Å²) in [5.74, 6) is 0.0292. The molecule has 90 valence electrons. The van der Waals surface area contributed by atoms with E-state index in [9.17, 15) is 4.79 Å². The fourth-order valence-electron chi connectivity index (χ4n) is 2.33. The van der Waals surface area contributed by atoms with Gasteiger partial charge in [-0.25, -0.2) is 0 Å². The number of rotatable bonds is 2. The standard InChI is InChI=1S/C15H12BrNO/c16-11-7-5-10(6-8-11)9-13-12-3-1-2-4-14(12)17-15(13)18/h1-8,13H,9H2,(H,17,18). The molecule has 2 nitrogen and oxygen atoms in total. The van der Waals surface area contributed by atoms with Crippen LogP contribution in [0.2, 0.25) is 0 Å². The molecule has 1 aliphatic heterocycles. The number of anilines is 1. The van der Waals surface area contributed by atoms with Gasteiger partial charge in [0.2, 0.25) is 5.91 Å². The molecule has 0 fully saturated rings. The molecular formula is C15H12BrNO. The zero-order chi connectivity index (χ0) is 12.5. The normalized spacial score (nSPS) is 17.4. The monoisotopic (exact) mass is 301 g/mol. The van der Waals surface area contributed by atoms with Gasteiger partial charge in [0.15, 0.2) is 0 Å². The van der Waals surface area contributed by atoms with Crippen LogP contribution in [0.15, 0.2) is 53.0 Å². The first kappa shape index (κ1) is 11.5. The lowest BCUT2D eigenvalue weighted by Gasteiger charge is -2.08. The van der Waals surface area contributed by atoms with E-state index in [-0.39, 0.29) is 11.8 Å². The van der Waals surface area contributed by atoms with E-state index in [0.29, 0.717) is 0 Å². The number of hydrogen-bond donors (Lipinski definition) is 1. The summed E-state index contributed by atoms with van der Waals surface area (Å²) in [6.07, 6.45) is 0.746. The van der Waals surface area contributed by atoms with Crippen LogP contribution in [0.5, 0.6) is 0 Å². The van der Waals surface area contributed by atoms with Gasteiger partial charge in [0, 0.05) is 10.2 Å². The van der Waals surface area contributed by atoms with E-state index in [0.717, 1.165) is 22.1 Å². The van der Waals surface area contributed by atoms with E-state index in [1.165, 1.54) is 5.56 Å². The van der Waals surface area contributed by atoms with Gasteiger partial charge in [0.1, 0.15) is 0 Å². The molecule has 0 spiro atoms. The number of carbonyl (C=O) groups is 1. The van der Waals surface area contributed by atoms with Crippen LogP contribution in [-0.2, 0) is 11.2 Å². The van der Waals surface area contributed by atoms with E-state index in [4.69, 9.17) is 0 Å². The second kappa shape index (κ2) is 4.58. The second-order valence-electron chi connectivity index (χ2n) is 4.46. The van der Waals surface area contributed by atoms with Crippen LogP contribution in [0, 0.1) is 0 Å². The summed E-state index contributed by atoms with van der Waals surface area (Å²) >= 11 is 3.42. The maximum atomic E-state index is 12.0. The minimum absolute atomic E-state index is 0.0672. The molecule has 0 bridgehead atoms. The summed E-state index contributed by atoms with van der Waals surface area (Å²) in [5.41, 5.74) is 3.23. The molecule has 3 rings (SSSR count). The highest BCUT2D eigenvalue weighted by Gasteiger charge is 2.29. The summed E-state index contributed by atoms with van der Waals surface area (Å²) in [5, 5.41) is 2.93. The third-order valence-electron chi connectivity index (χ3n) is 3.26. The molecule has 0 aliphatic carbocycles. The number of carbonyl (C=O) groups excluding carboxylic acids is 1. The Bertz CT molecular complexity index is 592. The molecule has 1 heterocycles. The van der Waals surface area contributed by atoms with Gasteiger partial charge in [-0.2, -0.15) is 0 Å². The smallest absolute Gasteiger partial charge is 0.232 e. The third kappa shape index (κ3) is 2.06. The first-order valence-corrected chi connectivity index (χ1v) is 6.67. The lowest BCUT2D eigenvalue weighted by molar-refractivity contribution is -0.117. The van der Waals surface area contributed by atoms with Crippen molar-refractivity contribution < 1.29 is 4.79 Å². The topological polar surface area (TPSA) is 29.1 Å². The molecule has 1 unspecified atom stereocenters. The fraction of sp³-hybridized carbons (Fsp3) is 0.133. The first-order valence-electron chi connectivity index (χ1n) is 5.88. The Kier molecular flexibility index (Phi) is 2.92. The van der Waals surface area contributed by atoms with Crippen molar-refractivity contribution in [3.63, 3.8) is 0 Å². The highest BCUT2D eigenvalue weighted by molar-refractivity contribution is 9.10. The van der Waals surface area contributed by atoms with E-state index < -0.39 is 0 Å². The Morgan fingerprint density at radius 1 is 1.06 bits per heavy atom. The third-order valence-corrected chi connectivity index (χ3v) is 3.79. The molecular weight excluding hydrogens is 290 g/mol. The molecule has 1 amide bonds. The molecule has 1 N–H and O–H groups in total. The predicted octanol–water partition coefficient (Wildman–Crippen LogP) is 3.73. The van der Waals surface area contributed by atoms with Gasteiger partial charge >= 0.3 is 0 Å². The molecule has 18 heavy (non-hydrogen) atoms. The van der Waals surface area contributed by atoms with Gasteiger partial charge in [0.25, 0.3) is 0 Å². The quantitative estimate of drug-likeness (QED) is 0.900. The number of hydrogen-bond acceptors (Lipinski definition) is 1. The van der Waals surface area contributed by atoms with Crippen molar-refractivity contribution in [1.82, 2.24) is 0 Å². The Labute approximate surface area is 114 Å². The van der Waals surface area contributed by atoms with E-state index in [1.54, 1.807) is 0 Å². The zero-order valence-electron chi connectivity index (χ0n) is 9.69. The van der Waals surface area contributed by atoms with Gasteiger partial charge in [-0.15, -0.1) is 0 Å². The molecule has 0 radical (unpaired) electrons. The van der Waals surface area contributed by atoms with Crippen molar-refractivity contribution in [3.8, 4) is 0 Å². The zero-order valence-corrected chi connectivity index (χ0v) is 11.3. The molecule has 1 atom stereocenters. The number of benzene rings is 2. The van der Waals surface area contributed by atoms with Crippen LogP contribution in [-0.4, -0.2) is 5.91 Å². The first-order chi connectivity index (χ1) is 8.74. The summed E-state index contributed by atoms with van der Waals surface area (Å²) < 4.78 is 1.06. The van der Waals surface area contributed by atoms with Gasteiger partial charge in [-0.05, 0) is 35.7 Å². The maximum Gasteiger partial charge on any atom is 0.232 e. The van der Waals surface area contributed by atoms with Crippen molar-refractivity contribution in [2.75, 3.05) is 5.32 Å². The fourth-order valence-corrected chi connectivity index (χ4v) is 2.60. The lowest BCUT2D eigenvalue weighted by Crippen LogP contribution is -2.14. The largest absolute Gasteiger partial charge is 0.325 e. The second-order valence-corrected chi connectivity index (χ2v) is 5.38. The van der Waals surface area contributed by atoms with Crippen molar-refractivity contribution in [2.24, 2.45) is 0 Å². The average Bonchev–Trinajstić information content (AvgIpc) is 2.69. The minimum Gasteiger partial charge on any atom is -0.325 e. The van der Waals surface area contributed by atoms with Crippen molar-refractivity contribution >= 4 is 27.5 Å².